The second kappa shape index (κ2) is 4.84. The standard InChI is InChI=1S/C10H10BrClN4/c1-16-6-7(4-15-16)3-13-10-9(11)2-8(12)5-14-10/h2,4-6H,3H2,1H3,(H,13,14). The molecule has 16 heavy (non-hydrogen) atoms. The lowest BCUT2D eigenvalue weighted by Gasteiger charge is -2.05. The molecule has 0 radical (unpaired) electrons. The van der Waals surface area contributed by atoms with Gasteiger partial charge in [0.1, 0.15) is 5.82 Å². The van der Waals surface area contributed by atoms with Crippen molar-refractivity contribution in [2.24, 2.45) is 7.05 Å². The van der Waals surface area contributed by atoms with Crippen LogP contribution in [0.25, 0.3) is 0 Å². The molecule has 2 aromatic heterocycles. The predicted octanol–water partition coefficient (Wildman–Crippen LogP) is 2.84. The molecular weight excluding hydrogens is 291 g/mol. The van der Waals surface area contributed by atoms with Crippen molar-refractivity contribution in [1.82, 2.24) is 14.8 Å². The van der Waals surface area contributed by atoms with Crippen LogP contribution in [-0.2, 0) is 13.6 Å². The zero-order valence-electron chi connectivity index (χ0n) is 8.61. The van der Waals surface area contributed by atoms with Crippen LogP contribution in [-0.4, -0.2) is 14.8 Å². The topological polar surface area (TPSA) is 42.7 Å². The summed E-state index contributed by atoms with van der Waals surface area (Å²) in [5.74, 6) is 0.772. The van der Waals surface area contributed by atoms with Crippen molar-refractivity contribution >= 4 is 33.3 Å². The number of anilines is 1. The summed E-state index contributed by atoms with van der Waals surface area (Å²) >= 11 is 9.20. The van der Waals surface area contributed by atoms with Crippen LogP contribution >= 0.6 is 27.5 Å². The molecule has 4 nitrogen and oxygen atoms in total. The first-order valence-electron chi connectivity index (χ1n) is 4.67. The lowest BCUT2D eigenvalue weighted by atomic mass is 10.3. The Labute approximate surface area is 107 Å². The van der Waals surface area contributed by atoms with Gasteiger partial charge in [0, 0.05) is 31.5 Å². The van der Waals surface area contributed by atoms with Crippen LogP contribution in [0, 0.1) is 0 Å². The second-order valence-electron chi connectivity index (χ2n) is 3.36. The summed E-state index contributed by atoms with van der Waals surface area (Å²) in [6.07, 6.45) is 5.38. The molecule has 2 rings (SSSR count). The number of pyridine rings is 1. The lowest BCUT2D eigenvalue weighted by molar-refractivity contribution is 0.767. The van der Waals surface area contributed by atoms with E-state index in [2.05, 4.69) is 31.3 Å². The van der Waals surface area contributed by atoms with Gasteiger partial charge in [-0.05, 0) is 22.0 Å². The molecule has 6 heteroatoms. The normalized spacial score (nSPS) is 10.4. The highest BCUT2D eigenvalue weighted by Crippen LogP contribution is 2.23. The summed E-state index contributed by atoms with van der Waals surface area (Å²) in [5.41, 5.74) is 1.10. The number of nitrogens with one attached hydrogen (secondary N) is 1. The summed E-state index contributed by atoms with van der Waals surface area (Å²) in [5, 5.41) is 7.90. The first-order valence-corrected chi connectivity index (χ1v) is 5.84. The van der Waals surface area contributed by atoms with Gasteiger partial charge in [-0.3, -0.25) is 4.68 Å². The lowest BCUT2D eigenvalue weighted by Crippen LogP contribution is -2.01. The number of aryl methyl sites for hydroxylation is 1. The Morgan fingerprint density at radius 2 is 2.31 bits per heavy atom. The summed E-state index contributed by atoms with van der Waals surface area (Å²) in [7, 11) is 1.89. The summed E-state index contributed by atoms with van der Waals surface area (Å²) in [4.78, 5) is 4.18. The van der Waals surface area contributed by atoms with Gasteiger partial charge < -0.3 is 5.32 Å². The van der Waals surface area contributed by atoms with Gasteiger partial charge in [0.25, 0.3) is 0 Å². The Morgan fingerprint density at radius 1 is 1.50 bits per heavy atom. The van der Waals surface area contributed by atoms with Crippen LogP contribution in [0.1, 0.15) is 5.56 Å². The van der Waals surface area contributed by atoms with Crippen molar-refractivity contribution in [2.75, 3.05) is 5.32 Å². The van der Waals surface area contributed by atoms with Crippen molar-refractivity contribution in [3.8, 4) is 0 Å². The Hall–Kier alpha value is -1.07. The summed E-state index contributed by atoms with van der Waals surface area (Å²) in [6.45, 7) is 0.682. The fourth-order valence-corrected chi connectivity index (χ4v) is 2.07. The predicted molar refractivity (Wildman–Crippen MR) is 67.5 cm³/mol. The molecule has 0 unspecified atom stereocenters. The summed E-state index contributed by atoms with van der Waals surface area (Å²) < 4.78 is 2.62. The number of rotatable bonds is 3. The second-order valence-corrected chi connectivity index (χ2v) is 4.65. The van der Waals surface area contributed by atoms with Gasteiger partial charge in [-0.2, -0.15) is 5.10 Å². The maximum absolute atomic E-state index is 5.80. The van der Waals surface area contributed by atoms with Gasteiger partial charge in [-0.1, -0.05) is 11.6 Å². The highest BCUT2D eigenvalue weighted by atomic mass is 79.9. The monoisotopic (exact) mass is 300 g/mol. The molecule has 0 saturated carbocycles. The Morgan fingerprint density at radius 3 is 2.94 bits per heavy atom. The third-order valence-corrected chi connectivity index (χ3v) is 2.84. The number of hydrogen-bond acceptors (Lipinski definition) is 3. The van der Waals surface area contributed by atoms with Crippen molar-refractivity contribution in [3.63, 3.8) is 0 Å². The fraction of sp³-hybridized carbons (Fsp3) is 0.200. The third kappa shape index (κ3) is 2.74. The van der Waals surface area contributed by atoms with Crippen LogP contribution in [0.5, 0.6) is 0 Å². The van der Waals surface area contributed by atoms with E-state index in [1.54, 1.807) is 16.9 Å². The van der Waals surface area contributed by atoms with Gasteiger partial charge in [-0.15, -0.1) is 0 Å². The van der Waals surface area contributed by atoms with Crippen LogP contribution in [0.2, 0.25) is 5.02 Å². The van der Waals surface area contributed by atoms with Gasteiger partial charge in [0.05, 0.1) is 15.7 Å². The minimum Gasteiger partial charge on any atom is -0.365 e. The average molecular weight is 302 g/mol. The van der Waals surface area contributed by atoms with E-state index in [1.807, 2.05) is 19.4 Å². The van der Waals surface area contributed by atoms with E-state index in [-0.39, 0.29) is 0 Å². The van der Waals surface area contributed by atoms with Crippen molar-refractivity contribution in [2.45, 2.75) is 6.54 Å². The Balaban J connectivity index is 2.04. The molecule has 2 heterocycles. The smallest absolute Gasteiger partial charge is 0.140 e. The van der Waals surface area contributed by atoms with E-state index in [1.165, 1.54) is 0 Å². The molecule has 0 aromatic carbocycles. The highest BCUT2D eigenvalue weighted by molar-refractivity contribution is 9.10. The maximum Gasteiger partial charge on any atom is 0.140 e. The molecule has 0 fully saturated rings. The van der Waals surface area contributed by atoms with Gasteiger partial charge in [-0.25, -0.2) is 4.98 Å². The third-order valence-electron chi connectivity index (χ3n) is 2.03. The summed E-state index contributed by atoms with van der Waals surface area (Å²) in [6, 6.07) is 1.81. The van der Waals surface area contributed by atoms with E-state index < -0.39 is 0 Å². The largest absolute Gasteiger partial charge is 0.365 e. The van der Waals surface area contributed by atoms with Gasteiger partial charge >= 0.3 is 0 Å². The molecule has 0 bridgehead atoms. The minimum atomic E-state index is 0.610. The molecule has 0 spiro atoms. The molecule has 0 aliphatic carbocycles. The van der Waals surface area contributed by atoms with Gasteiger partial charge in [0.15, 0.2) is 0 Å². The molecule has 0 aliphatic rings. The number of nitrogens with zero attached hydrogens (tertiary/aromatic N) is 3. The van der Waals surface area contributed by atoms with Crippen LogP contribution in [0.3, 0.4) is 0 Å². The highest BCUT2D eigenvalue weighted by Gasteiger charge is 2.02. The molecule has 0 atom stereocenters. The van der Waals surface area contributed by atoms with Gasteiger partial charge in [0.2, 0.25) is 0 Å². The zero-order chi connectivity index (χ0) is 11.5. The van der Waals surface area contributed by atoms with Crippen molar-refractivity contribution < 1.29 is 0 Å². The number of hydrogen-bond donors (Lipinski definition) is 1. The van der Waals surface area contributed by atoms with Crippen molar-refractivity contribution in [1.29, 1.82) is 0 Å². The fourth-order valence-electron chi connectivity index (χ4n) is 1.29. The molecule has 84 valence electrons. The van der Waals surface area contributed by atoms with E-state index in [0.717, 1.165) is 15.9 Å². The van der Waals surface area contributed by atoms with E-state index in [0.29, 0.717) is 11.6 Å². The van der Waals surface area contributed by atoms with E-state index >= 15 is 0 Å². The van der Waals surface area contributed by atoms with Crippen LogP contribution < -0.4 is 5.32 Å². The SMILES string of the molecule is Cn1cc(CNc2ncc(Cl)cc2Br)cn1. The van der Waals surface area contributed by atoms with E-state index in [4.69, 9.17) is 11.6 Å². The molecule has 1 N–H and O–H groups in total. The molecule has 2 aromatic rings. The van der Waals surface area contributed by atoms with Crippen LogP contribution in [0.4, 0.5) is 5.82 Å². The van der Waals surface area contributed by atoms with E-state index in [9.17, 15) is 0 Å². The molecule has 0 amide bonds. The quantitative estimate of drug-likeness (QED) is 0.948. The Kier molecular flexibility index (Phi) is 3.46. The zero-order valence-corrected chi connectivity index (χ0v) is 11.0. The average Bonchev–Trinajstić information content (AvgIpc) is 2.63. The first kappa shape index (κ1) is 11.4. The molecule has 0 saturated heterocycles. The maximum atomic E-state index is 5.80. The number of halogens is 2. The number of aromatic nitrogens is 3. The minimum absolute atomic E-state index is 0.610. The Bertz CT molecular complexity index is 497. The first-order chi connectivity index (χ1) is 7.65. The molecule has 0 aliphatic heterocycles. The molecular formula is C10H10BrClN4. The van der Waals surface area contributed by atoms with Crippen molar-refractivity contribution in [3.05, 3.63) is 39.7 Å². The van der Waals surface area contributed by atoms with Crippen LogP contribution in [0.15, 0.2) is 29.1 Å².